The van der Waals surface area contributed by atoms with Crippen LogP contribution in [-0.4, -0.2) is 34.9 Å². The summed E-state index contributed by atoms with van der Waals surface area (Å²) in [5.74, 6) is -0.0255. The van der Waals surface area contributed by atoms with Crippen LogP contribution in [0.2, 0.25) is 0 Å². The highest BCUT2D eigenvalue weighted by molar-refractivity contribution is 5.76. The van der Waals surface area contributed by atoms with Crippen LogP contribution in [0.4, 0.5) is 0 Å². The fraction of sp³-hybridized carbons (Fsp3) is 0.948. The number of hydrogen-bond donors (Lipinski definition) is 3. The lowest BCUT2D eigenvalue weighted by molar-refractivity contribution is -0.123. The van der Waals surface area contributed by atoms with Gasteiger partial charge in [0.1, 0.15) is 0 Å². The molecule has 0 fully saturated rings. The van der Waals surface area contributed by atoms with Gasteiger partial charge in [0.15, 0.2) is 0 Å². The molecule has 62 heavy (non-hydrogen) atoms. The van der Waals surface area contributed by atoms with E-state index < -0.39 is 12.1 Å². The van der Waals surface area contributed by atoms with Crippen LogP contribution in [0, 0.1) is 0 Å². The lowest BCUT2D eigenvalue weighted by atomic mass is 10.0. The zero-order valence-electron chi connectivity index (χ0n) is 42.7. The summed E-state index contributed by atoms with van der Waals surface area (Å²) in [4.78, 5) is 12.5. The Hall–Kier alpha value is -0.870. The van der Waals surface area contributed by atoms with Crippen LogP contribution in [0.25, 0.3) is 0 Å². The van der Waals surface area contributed by atoms with Gasteiger partial charge in [-0.2, -0.15) is 0 Å². The van der Waals surface area contributed by atoms with Crippen molar-refractivity contribution in [2.75, 3.05) is 6.61 Å². The molecule has 0 aromatic rings. The first kappa shape index (κ1) is 61.1. The van der Waals surface area contributed by atoms with E-state index in [0.29, 0.717) is 12.8 Å². The van der Waals surface area contributed by atoms with Gasteiger partial charge in [-0.05, 0) is 38.5 Å². The number of unbranched alkanes of at least 4 members (excludes halogenated alkanes) is 45. The Morgan fingerprint density at radius 3 is 0.887 bits per heavy atom. The molecule has 0 aliphatic rings. The third-order valence-corrected chi connectivity index (χ3v) is 13.8. The summed E-state index contributed by atoms with van der Waals surface area (Å²) >= 11 is 0. The highest BCUT2D eigenvalue weighted by Crippen LogP contribution is 2.18. The average molecular weight is 875 g/mol. The normalized spacial score (nSPS) is 12.8. The van der Waals surface area contributed by atoms with Gasteiger partial charge in [-0.3, -0.25) is 4.79 Å². The standard InChI is InChI=1S/C58H115NO3/c1-3-5-7-9-11-13-15-17-18-19-20-21-22-23-24-25-26-27-28-29-30-31-32-33-34-35-36-37-38-39-40-42-44-46-48-50-52-54-58(62)59-56(55-60)57(61)53-51-49-47-45-43-41-16-14-12-10-8-6-4-2/h27-28,56-57,60-61H,3-26,29-55H2,1-2H3,(H,59,62)/b28-27-. The van der Waals surface area contributed by atoms with Crippen LogP contribution >= 0.6 is 0 Å². The lowest BCUT2D eigenvalue weighted by Gasteiger charge is -2.22. The highest BCUT2D eigenvalue weighted by atomic mass is 16.3. The Kier molecular flexibility index (Phi) is 53.7. The minimum atomic E-state index is -0.655. The number of amides is 1. The molecule has 1 amide bonds. The summed E-state index contributed by atoms with van der Waals surface area (Å²) in [6.07, 6.45) is 70.8. The van der Waals surface area contributed by atoms with Crippen LogP contribution in [0.3, 0.4) is 0 Å². The van der Waals surface area contributed by atoms with Crippen molar-refractivity contribution in [2.45, 2.75) is 347 Å². The van der Waals surface area contributed by atoms with E-state index in [1.165, 1.54) is 283 Å². The third-order valence-electron chi connectivity index (χ3n) is 13.8. The molecule has 0 aliphatic carbocycles. The van der Waals surface area contributed by atoms with Crippen LogP contribution in [-0.2, 0) is 4.79 Å². The van der Waals surface area contributed by atoms with E-state index in [-0.39, 0.29) is 12.5 Å². The van der Waals surface area contributed by atoms with Crippen molar-refractivity contribution >= 4 is 5.91 Å². The quantitative estimate of drug-likeness (QED) is 0.0421. The van der Waals surface area contributed by atoms with E-state index in [9.17, 15) is 15.0 Å². The molecule has 4 heteroatoms. The van der Waals surface area contributed by atoms with Gasteiger partial charge in [0.25, 0.3) is 0 Å². The highest BCUT2D eigenvalue weighted by Gasteiger charge is 2.20. The fourth-order valence-corrected chi connectivity index (χ4v) is 9.36. The van der Waals surface area contributed by atoms with E-state index in [2.05, 4.69) is 31.3 Å². The number of carbonyl (C=O) groups excluding carboxylic acids is 1. The molecule has 0 aromatic carbocycles. The van der Waals surface area contributed by atoms with Gasteiger partial charge in [-0.25, -0.2) is 0 Å². The van der Waals surface area contributed by atoms with Crippen molar-refractivity contribution in [1.82, 2.24) is 5.32 Å². The topological polar surface area (TPSA) is 69.6 Å². The first-order valence-corrected chi connectivity index (χ1v) is 28.9. The lowest BCUT2D eigenvalue weighted by Crippen LogP contribution is -2.45. The molecule has 0 spiro atoms. The molecule has 4 nitrogen and oxygen atoms in total. The average Bonchev–Trinajstić information content (AvgIpc) is 3.28. The number of hydrogen-bond acceptors (Lipinski definition) is 3. The molecule has 0 rings (SSSR count). The summed E-state index contributed by atoms with van der Waals surface area (Å²) in [5, 5.41) is 23.2. The second-order valence-electron chi connectivity index (χ2n) is 20.1. The maximum Gasteiger partial charge on any atom is 0.220 e. The molecule has 0 aliphatic heterocycles. The Balaban J connectivity index is 3.35. The van der Waals surface area contributed by atoms with Crippen LogP contribution in [0.5, 0.6) is 0 Å². The molecule has 0 heterocycles. The van der Waals surface area contributed by atoms with E-state index >= 15 is 0 Å². The molecule has 3 N–H and O–H groups in total. The number of rotatable bonds is 54. The van der Waals surface area contributed by atoms with E-state index in [1.807, 2.05) is 0 Å². The fourth-order valence-electron chi connectivity index (χ4n) is 9.36. The number of allylic oxidation sites excluding steroid dienone is 2. The first-order chi connectivity index (χ1) is 30.7. The number of aliphatic hydroxyl groups is 2. The zero-order chi connectivity index (χ0) is 44.9. The number of carbonyl (C=O) groups is 1. The van der Waals surface area contributed by atoms with Crippen molar-refractivity contribution in [3.8, 4) is 0 Å². The van der Waals surface area contributed by atoms with Crippen molar-refractivity contribution in [3.63, 3.8) is 0 Å². The molecule has 0 saturated heterocycles. The third kappa shape index (κ3) is 50.1. The predicted octanol–water partition coefficient (Wildman–Crippen LogP) is 18.9. The van der Waals surface area contributed by atoms with Crippen molar-refractivity contribution in [3.05, 3.63) is 12.2 Å². The molecule has 0 saturated carbocycles. The van der Waals surface area contributed by atoms with Crippen molar-refractivity contribution in [2.24, 2.45) is 0 Å². The van der Waals surface area contributed by atoms with E-state index in [1.54, 1.807) is 0 Å². The zero-order valence-corrected chi connectivity index (χ0v) is 42.7. The number of aliphatic hydroxyl groups excluding tert-OH is 2. The van der Waals surface area contributed by atoms with Crippen LogP contribution < -0.4 is 5.32 Å². The van der Waals surface area contributed by atoms with Gasteiger partial charge in [0.2, 0.25) is 5.91 Å². The van der Waals surface area contributed by atoms with E-state index in [4.69, 9.17) is 0 Å². The molecule has 2 atom stereocenters. The van der Waals surface area contributed by atoms with Crippen molar-refractivity contribution in [1.29, 1.82) is 0 Å². The second-order valence-corrected chi connectivity index (χ2v) is 20.1. The molecular weight excluding hydrogens is 759 g/mol. The molecule has 370 valence electrons. The molecular formula is C58H115NO3. The van der Waals surface area contributed by atoms with E-state index in [0.717, 1.165) is 25.7 Å². The minimum Gasteiger partial charge on any atom is -0.394 e. The minimum absolute atomic E-state index is 0.0255. The smallest absolute Gasteiger partial charge is 0.220 e. The number of nitrogens with one attached hydrogen (secondary N) is 1. The summed E-state index contributed by atoms with van der Waals surface area (Å²) in [6.45, 7) is 4.39. The summed E-state index contributed by atoms with van der Waals surface area (Å²) in [5.41, 5.74) is 0. The predicted molar refractivity (Wildman–Crippen MR) is 276 cm³/mol. The van der Waals surface area contributed by atoms with Crippen LogP contribution in [0.15, 0.2) is 12.2 Å². The molecule has 0 bridgehead atoms. The summed E-state index contributed by atoms with van der Waals surface area (Å²) < 4.78 is 0. The maximum absolute atomic E-state index is 12.5. The molecule has 0 aromatic heterocycles. The Morgan fingerprint density at radius 2 is 0.613 bits per heavy atom. The first-order valence-electron chi connectivity index (χ1n) is 28.9. The van der Waals surface area contributed by atoms with Crippen molar-refractivity contribution < 1.29 is 15.0 Å². The molecule has 2 unspecified atom stereocenters. The monoisotopic (exact) mass is 874 g/mol. The Morgan fingerprint density at radius 1 is 0.371 bits per heavy atom. The van der Waals surface area contributed by atoms with Gasteiger partial charge >= 0.3 is 0 Å². The van der Waals surface area contributed by atoms with Crippen LogP contribution in [0.1, 0.15) is 335 Å². The maximum atomic E-state index is 12.5. The summed E-state index contributed by atoms with van der Waals surface area (Å²) in [6, 6.07) is -0.532. The van der Waals surface area contributed by atoms with Gasteiger partial charge < -0.3 is 15.5 Å². The molecule has 0 radical (unpaired) electrons. The van der Waals surface area contributed by atoms with Gasteiger partial charge in [0, 0.05) is 6.42 Å². The van der Waals surface area contributed by atoms with Gasteiger partial charge in [0.05, 0.1) is 18.8 Å². The SMILES string of the molecule is CCCCCCCCCCCCCCCCCC/C=C\CCCCCCCCCCCCCCCCCCCC(=O)NC(CO)C(O)CCCCCCCCCCCCCCC. The second kappa shape index (κ2) is 54.5. The Bertz CT molecular complexity index is 860. The summed E-state index contributed by atoms with van der Waals surface area (Å²) in [7, 11) is 0. The van der Waals surface area contributed by atoms with Gasteiger partial charge in [-0.15, -0.1) is 0 Å². The van der Waals surface area contributed by atoms with Gasteiger partial charge in [-0.1, -0.05) is 302 Å². The largest absolute Gasteiger partial charge is 0.394 e. The Labute approximate surface area is 390 Å².